The lowest BCUT2D eigenvalue weighted by atomic mass is 10.0. The van der Waals surface area contributed by atoms with Gasteiger partial charge in [0.2, 0.25) is 0 Å². The molecule has 0 unspecified atom stereocenters. The standard InChI is InChI=1S/C20H21N5OS/c1-24(13-17-15-4-2-3-5-18(15)26-23-17)14-7-10-25(11-8-14)20-22-16-12-21-9-6-19(16)27-20/h2-6,9,12,14H,7-8,10-11,13H2,1H3. The number of piperidine rings is 1. The summed E-state index contributed by atoms with van der Waals surface area (Å²) in [5.41, 5.74) is 2.88. The van der Waals surface area contributed by atoms with Crippen molar-refractivity contribution in [3.8, 4) is 0 Å². The Balaban J connectivity index is 1.24. The van der Waals surface area contributed by atoms with E-state index in [9.17, 15) is 0 Å². The molecule has 0 radical (unpaired) electrons. The van der Waals surface area contributed by atoms with Gasteiger partial charge >= 0.3 is 0 Å². The molecule has 3 aromatic heterocycles. The van der Waals surface area contributed by atoms with E-state index in [-0.39, 0.29) is 0 Å². The van der Waals surface area contributed by atoms with Gasteiger partial charge in [0.1, 0.15) is 11.2 Å². The monoisotopic (exact) mass is 379 g/mol. The molecule has 6 nitrogen and oxygen atoms in total. The quantitative estimate of drug-likeness (QED) is 0.535. The van der Waals surface area contributed by atoms with Crippen LogP contribution in [0.3, 0.4) is 0 Å². The lowest BCUT2D eigenvalue weighted by Crippen LogP contribution is -2.43. The van der Waals surface area contributed by atoms with Gasteiger partial charge in [0.05, 0.1) is 10.9 Å². The van der Waals surface area contributed by atoms with Gasteiger partial charge in [0.25, 0.3) is 0 Å². The van der Waals surface area contributed by atoms with Crippen LogP contribution in [0.5, 0.6) is 0 Å². The summed E-state index contributed by atoms with van der Waals surface area (Å²) < 4.78 is 6.65. The molecule has 1 saturated heterocycles. The summed E-state index contributed by atoms with van der Waals surface area (Å²) in [6.45, 7) is 2.87. The van der Waals surface area contributed by atoms with E-state index in [2.05, 4.69) is 33.1 Å². The fourth-order valence-corrected chi connectivity index (χ4v) is 4.80. The molecular formula is C20H21N5OS. The van der Waals surface area contributed by atoms with Crippen LogP contribution in [0.15, 0.2) is 47.2 Å². The van der Waals surface area contributed by atoms with Gasteiger partial charge in [-0.3, -0.25) is 9.88 Å². The molecule has 0 bridgehead atoms. The fraction of sp³-hybridized carbons (Fsp3) is 0.350. The summed E-state index contributed by atoms with van der Waals surface area (Å²) in [7, 11) is 2.19. The first-order valence-corrected chi connectivity index (χ1v) is 10.1. The van der Waals surface area contributed by atoms with Crippen LogP contribution in [0, 0.1) is 0 Å². The summed E-state index contributed by atoms with van der Waals surface area (Å²) in [5, 5.41) is 6.50. The molecule has 0 spiro atoms. The average Bonchev–Trinajstić information content (AvgIpc) is 3.32. The number of thiazole rings is 1. The van der Waals surface area contributed by atoms with Crippen LogP contribution < -0.4 is 4.90 Å². The highest BCUT2D eigenvalue weighted by molar-refractivity contribution is 7.22. The molecule has 5 rings (SSSR count). The first-order chi connectivity index (χ1) is 13.3. The minimum absolute atomic E-state index is 0.549. The van der Waals surface area contributed by atoms with Crippen molar-refractivity contribution in [1.82, 2.24) is 20.0 Å². The second-order valence-electron chi connectivity index (χ2n) is 7.10. The molecule has 27 heavy (non-hydrogen) atoms. The van der Waals surface area contributed by atoms with Crippen LogP contribution in [0.2, 0.25) is 0 Å². The Morgan fingerprint density at radius 2 is 2.07 bits per heavy atom. The maximum absolute atomic E-state index is 5.44. The zero-order valence-corrected chi connectivity index (χ0v) is 16.0. The highest BCUT2D eigenvalue weighted by atomic mass is 32.1. The van der Waals surface area contributed by atoms with Gasteiger partial charge in [0, 0.05) is 37.3 Å². The van der Waals surface area contributed by atoms with Crippen molar-refractivity contribution in [2.75, 3.05) is 25.0 Å². The SMILES string of the molecule is CN(Cc1noc2ccccc12)C1CCN(c2nc3cnccc3s2)CC1. The van der Waals surface area contributed by atoms with Crippen LogP contribution in [-0.4, -0.2) is 46.2 Å². The van der Waals surface area contributed by atoms with Gasteiger partial charge in [-0.2, -0.15) is 0 Å². The summed E-state index contributed by atoms with van der Waals surface area (Å²) in [5.74, 6) is 0. The van der Waals surface area contributed by atoms with Crippen LogP contribution in [0.4, 0.5) is 5.13 Å². The lowest BCUT2D eigenvalue weighted by molar-refractivity contribution is 0.196. The average molecular weight is 379 g/mol. The molecule has 0 amide bonds. The van der Waals surface area contributed by atoms with Crippen molar-refractivity contribution >= 4 is 37.7 Å². The second kappa shape index (κ2) is 6.90. The number of fused-ring (bicyclic) bond motifs is 2. The van der Waals surface area contributed by atoms with Gasteiger partial charge in [-0.15, -0.1) is 0 Å². The number of pyridine rings is 1. The third-order valence-corrected chi connectivity index (χ3v) is 6.49. The highest BCUT2D eigenvalue weighted by Crippen LogP contribution is 2.31. The molecular weight excluding hydrogens is 358 g/mol. The van der Waals surface area contributed by atoms with Crippen LogP contribution in [0.1, 0.15) is 18.5 Å². The fourth-order valence-electron chi connectivity index (χ4n) is 3.82. The summed E-state index contributed by atoms with van der Waals surface area (Å²) in [4.78, 5) is 13.7. The number of hydrogen-bond donors (Lipinski definition) is 0. The smallest absolute Gasteiger partial charge is 0.186 e. The topological polar surface area (TPSA) is 58.3 Å². The Labute approximate surface area is 161 Å². The lowest BCUT2D eigenvalue weighted by Gasteiger charge is -2.36. The Kier molecular flexibility index (Phi) is 4.26. The Morgan fingerprint density at radius 3 is 2.93 bits per heavy atom. The minimum atomic E-state index is 0.549. The van der Waals surface area contributed by atoms with E-state index in [1.54, 1.807) is 11.3 Å². The molecule has 0 atom stereocenters. The molecule has 4 aromatic rings. The highest BCUT2D eigenvalue weighted by Gasteiger charge is 2.25. The van der Waals surface area contributed by atoms with Gasteiger partial charge < -0.3 is 9.42 Å². The van der Waals surface area contributed by atoms with Crippen molar-refractivity contribution in [3.05, 3.63) is 48.4 Å². The molecule has 0 aliphatic carbocycles. The summed E-state index contributed by atoms with van der Waals surface area (Å²) in [6.07, 6.45) is 5.93. The van der Waals surface area contributed by atoms with Gasteiger partial charge in [-0.05, 0) is 38.1 Å². The van der Waals surface area contributed by atoms with Crippen LogP contribution in [0.25, 0.3) is 21.2 Å². The first-order valence-electron chi connectivity index (χ1n) is 9.27. The first kappa shape index (κ1) is 16.6. The van der Waals surface area contributed by atoms with E-state index >= 15 is 0 Å². The number of rotatable bonds is 4. The van der Waals surface area contributed by atoms with Crippen molar-refractivity contribution < 1.29 is 4.52 Å². The second-order valence-corrected chi connectivity index (χ2v) is 8.11. The number of hydrogen-bond acceptors (Lipinski definition) is 7. The third-order valence-electron chi connectivity index (χ3n) is 5.39. The van der Waals surface area contributed by atoms with Crippen molar-refractivity contribution in [1.29, 1.82) is 0 Å². The van der Waals surface area contributed by atoms with Crippen molar-refractivity contribution in [2.45, 2.75) is 25.4 Å². The van der Waals surface area contributed by atoms with Crippen LogP contribution >= 0.6 is 11.3 Å². The van der Waals surface area contributed by atoms with Crippen LogP contribution in [-0.2, 0) is 6.54 Å². The zero-order valence-electron chi connectivity index (χ0n) is 15.2. The number of benzene rings is 1. The predicted molar refractivity (Wildman–Crippen MR) is 108 cm³/mol. The van der Waals surface area contributed by atoms with E-state index in [4.69, 9.17) is 9.51 Å². The third kappa shape index (κ3) is 3.17. The number of para-hydroxylation sites is 1. The van der Waals surface area contributed by atoms with E-state index in [0.29, 0.717) is 6.04 Å². The number of anilines is 1. The van der Waals surface area contributed by atoms with Crippen molar-refractivity contribution in [2.24, 2.45) is 0 Å². The van der Waals surface area contributed by atoms with Crippen molar-refractivity contribution in [3.63, 3.8) is 0 Å². The molecule has 1 fully saturated rings. The Bertz CT molecular complexity index is 1030. The maximum Gasteiger partial charge on any atom is 0.186 e. The number of aromatic nitrogens is 3. The zero-order chi connectivity index (χ0) is 18.2. The largest absolute Gasteiger partial charge is 0.356 e. The normalized spacial score (nSPS) is 16.0. The molecule has 4 heterocycles. The van der Waals surface area contributed by atoms with E-state index < -0.39 is 0 Å². The molecule has 0 saturated carbocycles. The molecule has 7 heteroatoms. The number of nitrogens with zero attached hydrogens (tertiary/aromatic N) is 5. The van der Waals surface area contributed by atoms with Gasteiger partial charge in [-0.1, -0.05) is 28.6 Å². The Morgan fingerprint density at radius 1 is 1.22 bits per heavy atom. The molecule has 0 N–H and O–H groups in total. The summed E-state index contributed by atoms with van der Waals surface area (Å²) >= 11 is 1.76. The van der Waals surface area contributed by atoms with Gasteiger partial charge in [0.15, 0.2) is 10.7 Å². The van der Waals surface area contributed by atoms with Gasteiger partial charge in [-0.25, -0.2) is 4.98 Å². The van der Waals surface area contributed by atoms with E-state index in [1.807, 2.05) is 36.7 Å². The predicted octanol–water partition coefficient (Wildman–Crippen LogP) is 3.93. The minimum Gasteiger partial charge on any atom is -0.356 e. The molecule has 138 valence electrons. The van der Waals surface area contributed by atoms with E-state index in [1.165, 1.54) is 4.70 Å². The molecule has 1 aliphatic heterocycles. The Hall–Kier alpha value is -2.51. The van der Waals surface area contributed by atoms with E-state index in [0.717, 1.165) is 59.8 Å². The molecule has 1 aromatic carbocycles. The summed E-state index contributed by atoms with van der Waals surface area (Å²) in [6, 6.07) is 10.7. The molecule has 1 aliphatic rings. The maximum atomic E-state index is 5.44.